The van der Waals surface area contributed by atoms with Crippen molar-refractivity contribution in [3.05, 3.63) is 132 Å². The minimum Gasteiger partial charge on any atom is -0.340 e. The normalized spacial score (nSPS) is 16.5. The zero-order valence-corrected chi connectivity index (χ0v) is 31.4. The highest BCUT2D eigenvalue weighted by Gasteiger charge is 2.38. The van der Waals surface area contributed by atoms with Gasteiger partial charge < -0.3 is 20.1 Å². The van der Waals surface area contributed by atoms with Gasteiger partial charge in [0.1, 0.15) is 11.9 Å². The third-order valence-electron chi connectivity index (χ3n) is 10.3. The highest BCUT2D eigenvalue weighted by atomic mass is 32.2. The minimum absolute atomic E-state index is 0.105. The molecule has 10 nitrogen and oxygen atoms in total. The van der Waals surface area contributed by atoms with Crippen molar-refractivity contribution in [1.82, 2.24) is 24.7 Å². The third kappa shape index (κ3) is 8.02. The molecule has 2 fully saturated rings. The van der Waals surface area contributed by atoms with E-state index in [1.165, 1.54) is 0 Å². The number of carbonyl (C=O) groups is 4. The largest absolute Gasteiger partial charge is 0.340 e. The average molecular weight is 741 g/mol. The number of benzene rings is 4. The molecule has 1 aromatic heterocycles. The van der Waals surface area contributed by atoms with Crippen LogP contribution < -0.4 is 5.32 Å². The van der Waals surface area contributed by atoms with E-state index in [2.05, 4.69) is 53.3 Å². The quantitative estimate of drug-likeness (QED) is 0.129. The molecule has 2 atom stereocenters. The van der Waals surface area contributed by atoms with Crippen LogP contribution >= 0.6 is 11.8 Å². The zero-order valence-electron chi connectivity index (χ0n) is 30.5. The number of likely N-dealkylation sites (tertiary alicyclic amines) is 1. The Balaban J connectivity index is 0.974. The smallest absolute Gasteiger partial charge is 0.301 e. The Kier molecular flexibility index (Phi) is 11.4. The molecule has 0 aliphatic carbocycles. The number of amides is 3. The van der Waals surface area contributed by atoms with Crippen LogP contribution in [0.3, 0.4) is 0 Å². The lowest BCUT2D eigenvalue weighted by Crippen LogP contribution is -2.43. The van der Waals surface area contributed by atoms with Crippen LogP contribution in [0.15, 0.2) is 109 Å². The van der Waals surface area contributed by atoms with E-state index >= 15 is 0 Å². The first-order valence-electron chi connectivity index (χ1n) is 18.5. The second-order valence-corrected chi connectivity index (χ2v) is 14.6. The Morgan fingerprint density at radius 2 is 1.54 bits per heavy atom. The number of nitrogens with one attached hydrogen (secondary N) is 2. The van der Waals surface area contributed by atoms with Crippen molar-refractivity contribution < 1.29 is 19.2 Å². The molecule has 0 saturated carbocycles. The number of thioether (sulfide) groups is 1. The molecule has 0 spiro atoms. The molecule has 3 heterocycles. The van der Waals surface area contributed by atoms with Gasteiger partial charge in [0.05, 0.1) is 17.9 Å². The molecule has 5 aromatic rings. The summed E-state index contributed by atoms with van der Waals surface area (Å²) in [6.07, 6.45) is 3.65. The Morgan fingerprint density at radius 3 is 2.22 bits per heavy atom. The molecule has 2 N–H and O–H groups in total. The lowest BCUT2D eigenvalue weighted by molar-refractivity contribution is -0.141. The number of hydrogen-bond acceptors (Lipinski definition) is 7. The van der Waals surface area contributed by atoms with E-state index in [9.17, 15) is 19.2 Å². The first-order valence-corrected chi connectivity index (χ1v) is 19.5. The van der Waals surface area contributed by atoms with Crippen LogP contribution in [0.25, 0.3) is 22.4 Å². The van der Waals surface area contributed by atoms with Gasteiger partial charge in [-0.15, -0.1) is 0 Å². The van der Waals surface area contributed by atoms with Gasteiger partial charge in [-0.2, -0.15) is 0 Å². The number of anilines is 1. The molecule has 4 aromatic carbocycles. The summed E-state index contributed by atoms with van der Waals surface area (Å²) in [6.45, 7) is 7.38. The summed E-state index contributed by atoms with van der Waals surface area (Å²) in [5.41, 5.74) is 6.98. The molecule has 2 aliphatic heterocycles. The van der Waals surface area contributed by atoms with Crippen molar-refractivity contribution in [3.8, 4) is 22.4 Å². The second-order valence-electron chi connectivity index (χ2n) is 13.6. The second kappa shape index (κ2) is 16.7. The molecule has 11 heteroatoms. The molecular weight excluding hydrogens is 697 g/mol. The van der Waals surface area contributed by atoms with Gasteiger partial charge in [0.15, 0.2) is 0 Å². The van der Waals surface area contributed by atoms with Crippen LogP contribution in [0.4, 0.5) is 5.69 Å². The maximum Gasteiger partial charge on any atom is 0.301 e. The fourth-order valence-electron chi connectivity index (χ4n) is 7.32. The zero-order chi connectivity index (χ0) is 37.6. The molecule has 0 bridgehead atoms. The first kappa shape index (κ1) is 36.8. The number of rotatable bonds is 12. The van der Waals surface area contributed by atoms with Gasteiger partial charge >= 0.3 is 5.91 Å². The van der Waals surface area contributed by atoms with Gasteiger partial charge in [0, 0.05) is 36.6 Å². The standard InChI is InChI=1S/C43H44N6O4S/c1-3-47(4-2)38(33-9-6-5-7-10-33)41(51)49-24-8-11-37(49)39-44-27-36(46-39)32-18-14-30(15-19-32)31-16-20-34(21-17-31)40(50)45-35-22-12-29(13-23-35)28-48-25-26-54-43(53)42(48)52/h5-7,9-10,12-23,27,37-38H,3-4,8,11,24-26,28H2,1-2H3,(H,44,46)(H,45,50)/t37-,38+/m0/s1. The average Bonchev–Trinajstić information content (AvgIpc) is 3.91. The molecule has 54 heavy (non-hydrogen) atoms. The molecular formula is C43H44N6O4S. The number of aromatic amines is 1. The van der Waals surface area contributed by atoms with Gasteiger partial charge in [-0.05, 0) is 78.0 Å². The van der Waals surface area contributed by atoms with Gasteiger partial charge in [-0.1, -0.05) is 104 Å². The van der Waals surface area contributed by atoms with Crippen LogP contribution in [-0.4, -0.2) is 79.4 Å². The van der Waals surface area contributed by atoms with Crippen molar-refractivity contribution in [3.63, 3.8) is 0 Å². The predicted octanol–water partition coefficient (Wildman–Crippen LogP) is 7.34. The third-order valence-corrected chi connectivity index (χ3v) is 11.1. The van der Waals surface area contributed by atoms with E-state index in [1.54, 1.807) is 17.0 Å². The Hall–Kier alpha value is -5.52. The number of imidazole rings is 1. The van der Waals surface area contributed by atoms with Crippen molar-refractivity contribution in [2.75, 3.05) is 37.2 Å². The van der Waals surface area contributed by atoms with Crippen molar-refractivity contribution in [2.45, 2.75) is 45.3 Å². The van der Waals surface area contributed by atoms with E-state index in [0.29, 0.717) is 36.6 Å². The monoisotopic (exact) mass is 740 g/mol. The number of nitrogens with zero attached hydrogens (tertiary/aromatic N) is 4. The number of H-pyrrole nitrogens is 1. The Bertz CT molecular complexity index is 2100. The van der Waals surface area contributed by atoms with Gasteiger partial charge in [0.25, 0.3) is 11.0 Å². The van der Waals surface area contributed by atoms with E-state index in [-0.39, 0.29) is 23.9 Å². The van der Waals surface area contributed by atoms with E-state index in [1.807, 2.05) is 77.8 Å². The summed E-state index contributed by atoms with van der Waals surface area (Å²) in [4.78, 5) is 65.1. The van der Waals surface area contributed by atoms with Crippen molar-refractivity contribution >= 4 is 40.3 Å². The Labute approximate surface area is 320 Å². The van der Waals surface area contributed by atoms with Crippen LogP contribution in [0, 0.1) is 0 Å². The first-order chi connectivity index (χ1) is 26.3. The molecule has 7 rings (SSSR count). The molecule has 0 unspecified atom stereocenters. The van der Waals surface area contributed by atoms with E-state index in [0.717, 1.165) is 77.0 Å². The van der Waals surface area contributed by atoms with Crippen LogP contribution in [0.2, 0.25) is 0 Å². The highest BCUT2D eigenvalue weighted by Crippen LogP contribution is 2.36. The number of aromatic nitrogens is 2. The topological polar surface area (TPSA) is 119 Å². The van der Waals surface area contributed by atoms with Gasteiger partial charge in [-0.3, -0.25) is 24.1 Å². The van der Waals surface area contributed by atoms with Crippen LogP contribution in [0.1, 0.15) is 66.1 Å². The maximum absolute atomic E-state index is 14.2. The van der Waals surface area contributed by atoms with Crippen LogP contribution in [0.5, 0.6) is 0 Å². The number of carbonyl (C=O) groups excluding carboxylic acids is 4. The fraction of sp³-hybridized carbons (Fsp3) is 0.279. The summed E-state index contributed by atoms with van der Waals surface area (Å²) in [5, 5.41) is 2.52. The van der Waals surface area contributed by atoms with Crippen molar-refractivity contribution in [2.24, 2.45) is 0 Å². The van der Waals surface area contributed by atoms with E-state index in [4.69, 9.17) is 4.98 Å². The summed E-state index contributed by atoms with van der Waals surface area (Å²) in [5.74, 6) is 0.852. The molecule has 3 amide bonds. The molecule has 2 aliphatic rings. The van der Waals surface area contributed by atoms with Crippen LogP contribution in [-0.2, 0) is 20.9 Å². The minimum atomic E-state index is -0.458. The number of likely N-dealkylation sites (N-methyl/N-ethyl adjacent to an activating group) is 1. The van der Waals surface area contributed by atoms with Gasteiger partial charge in [0.2, 0.25) is 5.91 Å². The summed E-state index contributed by atoms with van der Waals surface area (Å²) < 4.78 is 0. The summed E-state index contributed by atoms with van der Waals surface area (Å²) in [7, 11) is 0. The molecule has 0 radical (unpaired) electrons. The summed E-state index contributed by atoms with van der Waals surface area (Å²) >= 11 is 1.06. The Morgan fingerprint density at radius 1 is 0.870 bits per heavy atom. The molecule has 276 valence electrons. The van der Waals surface area contributed by atoms with Gasteiger partial charge in [-0.25, -0.2) is 4.98 Å². The lowest BCUT2D eigenvalue weighted by Gasteiger charge is -2.34. The molecule has 2 saturated heterocycles. The summed E-state index contributed by atoms with van der Waals surface area (Å²) in [6, 6.07) is 32.6. The predicted molar refractivity (Wildman–Crippen MR) is 213 cm³/mol. The van der Waals surface area contributed by atoms with Crippen molar-refractivity contribution in [1.29, 1.82) is 0 Å². The highest BCUT2D eigenvalue weighted by molar-refractivity contribution is 8.15. The number of hydrogen-bond donors (Lipinski definition) is 2. The lowest BCUT2D eigenvalue weighted by atomic mass is 10.0. The fourth-order valence-corrected chi connectivity index (χ4v) is 8.07. The van der Waals surface area contributed by atoms with E-state index < -0.39 is 11.0 Å². The SMILES string of the molecule is CCN(CC)[C@@H](C(=O)N1CCC[C@H]1c1ncc(-c2ccc(-c3ccc(C(=O)Nc4ccc(CN5CCSC(=O)C5=O)cc4)cc3)cc2)[nH]1)c1ccccc1. The maximum atomic E-state index is 14.2.